The van der Waals surface area contributed by atoms with Gasteiger partial charge >= 0.3 is 0 Å². The van der Waals surface area contributed by atoms with Gasteiger partial charge in [0.15, 0.2) is 3.95 Å². The molecule has 0 spiro atoms. The van der Waals surface area contributed by atoms with Crippen LogP contribution in [-0.4, -0.2) is 4.98 Å². The molecule has 1 rings (SSSR count). The predicted molar refractivity (Wildman–Crippen MR) is 57.6 cm³/mol. The molecule has 0 aliphatic carbocycles. The second-order valence-corrected chi connectivity index (χ2v) is 5.69. The molecule has 0 amide bonds. The third-order valence-corrected chi connectivity index (χ3v) is 3.17. The van der Waals surface area contributed by atoms with Crippen LogP contribution in [0.1, 0.15) is 38.3 Å². The second-order valence-electron chi connectivity index (χ2n) is 3.92. The van der Waals surface area contributed by atoms with Crippen molar-refractivity contribution in [3.05, 3.63) is 14.5 Å². The lowest BCUT2D eigenvalue weighted by Gasteiger charge is -2.17. The predicted octanol–water partition coefficient (Wildman–Crippen LogP) is 3.67. The van der Waals surface area contributed by atoms with Gasteiger partial charge in [-0.05, 0) is 18.6 Å². The highest BCUT2D eigenvalue weighted by Gasteiger charge is 2.19. The largest absolute Gasteiger partial charge is 0.340 e. The molecule has 0 aliphatic heterocycles. The van der Waals surface area contributed by atoms with E-state index in [-0.39, 0.29) is 5.41 Å². The highest BCUT2D eigenvalue weighted by Crippen LogP contribution is 2.28. The Morgan fingerprint density at radius 3 is 2.33 bits per heavy atom. The zero-order chi connectivity index (χ0) is 9.35. The quantitative estimate of drug-likeness (QED) is 0.686. The van der Waals surface area contributed by atoms with Gasteiger partial charge in [0.2, 0.25) is 0 Å². The van der Waals surface area contributed by atoms with E-state index in [1.54, 1.807) is 11.3 Å². The van der Waals surface area contributed by atoms with Gasteiger partial charge in [0.25, 0.3) is 0 Å². The van der Waals surface area contributed by atoms with Gasteiger partial charge in [0.05, 0.1) is 0 Å². The van der Waals surface area contributed by atoms with Crippen LogP contribution in [0.3, 0.4) is 0 Å². The number of nitrogens with one attached hydrogen (secondary N) is 1. The van der Waals surface area contributed by atoms with E-state index in [1.165, 1.54) is 10.6 Å². The number of hydrogen-bond donors (Lipinski definition) is 1. The Kier molecular flexibility index (Phi) is 2.74. The SMILES string of the molecule is CCc1sc(=S)[nH]c1C(C)(C)C. The molecule has 68 valence electrons. The van der Waals surface area contributed by atoms with Crippen molar-refractivity contribution in [1.82, 2.24) is 4.98 Å². The van der Waals surface area contributed by atoms with E-state index in [9.17, 15) is 0 Å². The third kappa shape index (κ3) is 1.96. The summed E-state index contributed by atoms with van der Waals surface area (Å²) in [5.41, 5.74) is 1.50. The summed E-state index contributed by atoms with van der Waals surface area (Å²) >= 11 is 6.82. The summed E-state index contributed by atoms with van der Waals surface area (Å²) < 4.78 is 0.900. The highest BCUT2D eigenvalue weighted by atomic mass is 32.1. The van der Waals surface area contributed by atoms with Gasteiger partial charge in [-0.15, -0.1) is 11.3 Å². The molecule has 0 saturated carbocycles. The molecular weight excluding hydrogens is 186 g/mol. The number of aryl methyl sites for hydroxylation is 1. The highest BCUT2D eigenvalue weighted by molar-refractivity contribution is 7.73. The molecule has 1 nitrogen and oxygen atoms in total. The number of hydrogen-bond acceptors (Lipinski definition) is 2. The Labute approximate surface area is 82.8 Å². The zero-order valence-corrected chi connectivity index (χ0v) is 9.66. The van der Waals surface area contributed by atoms with Gasteiger partial charge in [-0.25, -0.2) is 0 Å². The lowest BCUT2D eigenvalue weighted by Crippen LogP contribution is -2.13. The fraction of sp³-hybridized carbons (Fsp3) is 0.667. The monoisotopic (exact) mass is 201 g/mol. The molecule has 0 unspecified atom stereocenters. The van der Waals surface area contributed by atoms with Crippen LogP contribution in [0.15, 0.2) is 0 Å². The average Bonchev–Trinajstić information content (AvgIpc) is 2.29. The van der Waals surface area contributed by atoms with E-state index in [4.69, 9.17) is 12.2 Å². The summed E-state index contributed by atoms with van der Waals surface area (Å²) in [7, 11) is 0. The van der Waals surface area contributed by atoms with Crippen LogP contribution in [0.4, 0.5) is 0 Å². The number of H-pyrrole nitrogens is 1. The first kappa shape index (κ1) is 9.93. The topological polar surface area (TPSA) is 15.8 Å². The molecule has 1 aromatic rings. The van der Waals surface area contributed by atoms with Crippen LogP contribution in [0.25, 0.3) is 0 Å². The van der Waals surface area contributed by atoms with E-state index in [2.05, 4.69) is 32.7 Å². The Morgan fingerprint density at radius 1 is 1.42 bits per heavy atom. The number of thiazole rings is 1. The lowest BCUT2D eigenvalue weighted by molar-refractivity contribution is 0.566. The minimum absolute atomic E-state index is 0.193. The molecular formula is C9H15NS2. The maximum atomic E-state index is 5.12. The maximum Gasteiger partial charge on any atom is 0.158 e. The van der Waals surface area contributed by atoms with Crippen LogP contribution < -0.4 is 0 Å². The molecule has 0 aromatic carbocycles. The molecule has 0 saturated heterocycles. The molecule has 1 heterocycles. The van der Waals surface area contributed by atoms with E-state index in [1.807, 2.05) is 0 Å². The van der Waals surface area contributed by atoms with Crippen molar-refractivity contribution in [2.75, 3.05) is 0 Å². The Balaban J connectivity index is 3.23. The van der Waals surface area contributed by atoms with Crippen LogP contribution in [-0.2, 0) is 11.8 Å². The molecule has 0 bridgehead atoms. The standard InChI is InChI=1S/C9H15NS2/c1-5-6-7(9(2,3)4)10-8(11)12-6/h5H2,1-4H3,(H,10,11). The van der Waals surface area contributed by atoms with Crippen molar-refractivity contribution in [2.24, 2.45) is 0 Å². The fourth-order valence-electron chi connectivity index (χ4n) is 1.21. The molecule has 12 heavy (non-hydrogen) atoms. The third-order valence-electron chi connectivity index (χ3n) is 1.79. The normalized spacial score (nSPS) is 12.0. The summed E-state index contributed by atoms with van der Waals surface area (Å²) in [5, 5.41) is 0. The van der Waals surface area contributed by atoms with Gasteiger partial charge in [-0.1, -0.05) is 27.7 Å². The zero-order valence-electron chi connectivity index (χ0n) is 8.02. The van der Waals surface area contributed by atoms with Gasteiger partial charge in [-0.3, -0.25) is 0 Å². The molecule has 0 atom stereocenters. The Bertz CT molecular complexity index is 314. The molecule has 0 radical (unpaired) electrons. The van der Waals surface area contributed by atoms with Crippen LogP contribution in [0.2, 0.25) is 0 Å². The number of rotatable bonds is 1. The number of aromatic amines is 1. The first-order valence-electron chi connectivity index (χ1n) is 4.17. The van der Waals surface area contributed by atoms with Gasteiger partial charge in [-0.2, -0.15) is 0 Å². The number of aromatic nitrogens is 1. The smallest absolute Gasteiger partial charge is 0.158 e. The van der Waals surface area contributed by atoms with E-state index in [0.29, 0.717) is 0 Å². The Morgan fingerprint density at radius 2 is 2.00 bits per heavy atom. The van der Waals surface area contributed by atoms with Gasteiger partial charge < -0.3 is 4.98 Å². The van der Waals surface area contributed by atoms with Crippen molar-refractivity contribution < 1.29 is 0 Å². The fourth-order valence-corrected chi connectivity index (χ4v) is 2.60. The molecule has 0 fully saturated rings. The summed E-state index contributed by atoms with van der Waals surface area (Å²) in [5.74, 6) is 0. The summed E-state index contributed by atoms with van der Waals surface area (Å²) in [6, 6.07) is 0. The summed E-state index contributed by atoms with van der Waals surface area (Å²) in [6.45, 7) is 8.79. The van der Waals surface area contributed by atoms with Crippen molar-refractivity contribution in [1.29, 1.82) is 0 Å². The second kappa shape index (κ2) is 3.30. The maximum absolute atomic E-state index is 5.12. The minimum Gasteiger partial charge on any atom is -0.340 e. The average molecular weight is 201 g/mol. The molecule has 3 heteroatoms. The van der Waals surface area contributed by atoms with Crippen molar-refractivity contribution in [2.45, 2.75) is 39.5 Å². The lowest BCUT2D eigenvalue weighted by atomic mass is 9.91. The molecule has 1 aromatic heterocycles. The summed E-state index contributed by atoms with van der Waals surface area (Å²) in [6.07, 6.45) is 1.07. The first-order valence-corrected chi connectivity index (χ1v) is 5.40. The summed E-state index contributed by atoms with van der Waals surface area (Å²) in [4.78, 5) is 4.66. The minimum atomic E-state index is 0.193. The van der Waals surface area contributed by atoms with E-state index < -0.39 is 0 Å². The van der Waals surface area contributed by atoms with E-state index in [0.717, 1.165) is 10.4 Å². The first-order chi connectivity index (χ1) is 5.45. The molecule has 0 aliphatic rings. The van der Waals surface area contributed by atoms with Crippen molar-refractivity contribution in [3.63, 3.8) is 0 Å². The van der Waals surface area contributed by atoms with Crippen LogP contribution >= 0.6 is 23.6 Å². The van der Waals surface area contributed by atoms with Crippen molar-refractivity contribution >= 4 is 23.6 Å². The van der Waals surface area contributed by atoms with Gasteiger partial charge in [0.1, 0.15) is 0 Å². The molecule has 1 N–H and O–H groups in total. The van der Waals surface area contributed by atoms with Crippen LogP contribution in [0.5, 0.6) is 0 Å². The van der Waals surface area contributed by atoms with Crippen LogP contribution in [0, 0.1) is 3.95 Å². The van der Waals surface area contributed by atoms with E-state index >= 15 is 0 Å². The van der Waals surface area contributed by atoms with Crippen molar-refractivity contribution in [3.8, 4) is 0 Å². The Hall–Kier alpha value is -0.150. The van der Waals surface area contributed by atoms with Gasteiger partial charge in [0, 0.05) is 16.0 Å².